The first-order valence-corrected chi connectivity index (χ1v) is 15.2. The zero-order chi connectivity index (χ0) is 27.0. The normalized spacial score (nSPS) is 43.0. The molecule has 5 unspecified atom stereocenters. The van der Waals surface area contributed by atoms with Crippen molar-refractivity contribution >= 4 is 11.9 Å². The molecule has 1 N–H and O–H groups in total. The van der Waals surface area contributed by atoms with Crippen molar-refractivity contribution in [3.63, 3.8) is 0 Å². The summed E-state index contributed by atoms with van der Waals surface area (Å²) in [6.45, 7) is 17.1. The van der Waals surface area contributed by atoms with Crippen LogP contribution in [0, 0.1) is 46.3 Å². The molecule has 4 aliphatic carbocycles. The molecule has 4 saturated carbocycles. The van der Waals surface area contributed by atoms with Crippen molar-refractivity contribution in [3.8, 4) is 0 Å². The Morgan fingerprint density at radius 1 is 0.973 bits per heavy atom. The lowest BCUT2D eigenvalue weighted by Gasteiger charge is -2.64. The number of rotatable bonds is 9. The maximum Gasteiger partial charge on any atom is 0.309 e. The largest absolute Gasteiger partial charge is 0.466 e. The fourth-order valence-corrected chi connectivity index (χ4v) is 9.53. The Hall–Kier alpha value is -1.14. The molecule has 10 atom stereocenters. The Bertz CT molecular complexity index is 815. The van der Waals surface area contributed by atoms with Gasteiger partial charge in [-0.2, -0.15) is 0 Å². The predicted molar refractivity (Wildman–Crippen MR) is 145 cm³/mol. The first-order chi connectivity index (χ1) is 17.5. The molecular formula is C31H53NO5. The molecule has 6 nitrogen and oxygen atoms in total. The first kappa shape index (κ1) is 28.9. The summed E-state index contributed by atoms with van der Waals surface area (Å²) in [5, 5.41) is 4.05. The average molecular weight is 520 g/mol. The first-order valence-electron chi connectivity index (χ1n) is 15.2. The lowest BCUT2D eigenvalue weighted by Crippen LogP contribution is -2.64. The zero-order valence-electron chi connectivity index (χ0n) is 24.5. The maximum atomic E-state index is 13.1. The van der Waals surface area contributed by atoms with Crippen LogP contribution >= 0.6 is 0 Å². The van der Waals surface area contributed by atoms with Gasteiger partial charge in [-0.15, -0.1) is 0 Å². The summed E-state index contributed by atoms with van der Waals surface area (Å²) in [6.07, 6.45) is 8.31. The molecule has 212 valence electrons. The van der Waals surface area contributed by atoms with Crippen molar-refractivity contribution in [1.82, 2.24) is 5.32 Å². The van der Waals surface area contributed by atoms with Crippen molar-refractivity contribution < 1.29 is 23.8 Å². The lowest BCUT2D eigenvalue weighted by atomic mass is 9.43. The van der Waals surface area contributed by atoms with Gasteiger partial charge in [0.1, 0.15) is 6.10 Å². The predicted octanol–water partition coefficient (Wildman–Crippen LogP) is 5.77. The lowest BCUT2D eigenvalue weighted by molar-refractivity contribution is -0.196. The Morgan fingerprint density at radius 2 is 1.73 bits per heavy atom. The van der Waals surface area contributed by atoms with E-state index in [0.29, 0.717) is 48.8 Å². The van der Waals surface area contributed by atoms with Gasteiger partial charge in [-0.3, -0.25) is 9.59 Å². The number of carbonyl (C=O) groups excluding carboxylic acids is 2. The monoisotopic (exact) mass is 519 g/mol. The van der Waals surface area contributed by atoms with Crippen molar-refractivity contribution in [1.29, 1.82) is 0 Å². The number of fused-ring (bicyclic) bond motifs is 5. The third-order valence-corrected chi connectivity index (χ3v) is 11.0. The summed E-state index contributed by atoms with van der Waals surface area (Å²) in [7, 11) is 0. The smallest absolute Gasteiger partial charge is 0.309 e. The molecule has 0 amide bonds. The third kappa shape index (κ3) is 5.48. The number of esters is 2. The zero-order valence-corrected chi connectivity index (χ0v) is 24.5. The van der Waals surface area contributed by atoms with Crippen LogP contribution in [0.5, 0.6) is 0 Å². The third-order valence-electron chi connectivity index (χ3n) is 11.0. The highest BCUT2D eigenvalue weighted by molar-refractivity contribution is 5.74. The molecule has 0 spiro atoms. The minimum atomic E-state index is -0.204. The molecular weight excluding hydrogens is 466 g/mol. The second-order valence-corrected chi connectivity index (χ2v) is 13.5. The van der Waals surface area contributed by atoms with Crippen molar-refractivity contribution in [3.05, 3.63) is 0 Å². The molecule has 4 rings (SSSR count). The Balaban J connectivity index is 1.66. The quantitative estimate of drug-likeness (QED) is 0.390. The van der Waals surface area contributed by atoms with E-state index in [-0.39, 0.29) is 40.9 Å². The van der Waals surface area contributed by atoms with Crippen LogP contribution in [0.2, 0.25) is 0 Å². The van der Waals surface area contributed by atoms with Crippen LogP contribution in [0.1, 0.15) is 99.8 Å². The summed E-state index contributed by atoms with van der Waals surface area (Å²) in [4.78, 5) is 25.0. The van der Waals surface area contributed by atoms with Gasteiger partial charge < -0.3 is 19.5 Å². The fraction of sp³-hybridized carbons (Fsp3) is 0.935. The SMILES string of the molecule is CCOC(=O)C1CC[C@H]2[C@@H]3CCC4CC(OC(C)=O)C(OCC)C[C@]4(C)[C@@H]3C(NCCC(C)C)C[C@]12C. The van der Waals surface area contributed by atoms with E-state index < -0.39 is 0 Å². The molecule has 0 aromatic heterocycles. The molecule has 37 heavy (non-hydrogen) atoms. The van der Waals surface area contributed by atoms with Crippen LogP contribution in [0.3, 0.4) is 0 Å². The summed E-state index contributed by atoms with van der Waals surface area (Å²) in [5.74, 6) is 2.71. The van der Waals surface area contributed by atoms with Gasteiger partial charge >= 0.3 is 11.9 Å². The standard InChI is InChI=1S/C31H53NO5/c1-8-35-27-18-30(6)21(16-26(27)37-20(5)33)10-11-22-23-12-13-24(29(34)36-9-2)31(23,7)17-25(28(22)30)32-15-14-19(3)4/h19,21-28,32H,8-18H2,1-7H3/t21?,22-,23-,24?,25?,26?,27?,28-,30-,31-/m0/s1. The van der Waals surface area contributed by atoms with Crippen LogP contribution in [-0.2, 0) is 23.8 Å². The summed E-state index contributed by atoms with van der Waals surface area (Å²) in [6, 6.07) is 0.375. The van der Waals surface area contributed by atoms with Gasteiger partial charge in [-0.05, 0) is 112 Å². The Labute approximate surface area is 225 Å². The highest BCUT2D eigenvalue weighted by Crippen LogP contribution is 2.67. The van der Waals surface area contributed by atoms with E-state index >= 15 is 0 Å². The van der Waals surface area contributed by atoms with Crippen molar-refractivity contribution in [2.45, 2.75) is 118 Å². The molecule has 0 aromatic rings. The second-order valence-electron chi connectivity index (χ2n) is 13.5. The van der Waals surface area contributed by atoms with Crippen LogP contribution in [0.25, 0.3) is 0 Å². The Kier molecular flexibility index (Phi) is 9.00. The number of ether oxygens (including phenoxy) is 3. The van der Waals surface area contributed by atoms with E-state index in [2.05, 4.69) is 33.0 Å². The van der Waals surface area contributed by atoms with Gasteiger partial charge in [0.15, 0.2) is 0 Å². The molecule has 0 aromatic carbocycles. The van der Waals surface area contributed by atoms with Crippen LogP contribution in [0.15, 0.2) is 0 Å². The van der Waals surface area contributed by atoms with Crippen LogP contribution < -0.4 is 5.32 Å². The number of hydrogen-bond donors (Lipinski definition) is 1. The number of nitrogens with one attached hydrogen (secondary N) is 1. The van der Waals surface area contributed by atoms with Gasteiger partial charge in [0.05, 0.1) is 18.6 Å². The van der Waals surface area contributed by atoms with Crippen molar-refractivity contribution in [2.24, 2.45) is 46.3 Å². The molecule has 0 radical (unpaired) electrons. The van der Waals surface area contributed by atoms with Gasteiger partial charge in [0.25, 0.3) is 0 Å². The van der Waals surface area contributed by atoms with Crippen molar-refractivity contribution in [2.75, 3.05) is 19.8 Å². The van der Waals surface area contributed by atoms with Gasteiger partial charge in [0.2, 0.25) is 0 Å². The maximum absolute atomic E-state index is 13.1. The topological polar surface area (TPSA) is 73.9 Å². The molecule has 0 aliphatic heterocycles. The van der Waals surface area contributed by atoms with E-state index in [4.69, 9.17) is 14.2 Å². The van der Waals surface area contributed by atoms with E-state index in [9.17, 15) is 9.59 Å². The molecule has 0 saturated heterocycles. The van der Waals surface area contributed by atoms with Crippen LogP contribution in [-0.4, -0.2) is 49.9 Å². The Morgan fingerprint density at radius 3 is 2.38 bits per heavy atom. The highest BCUT2D eigenvalue weighted by atomic mass is 16.6. The van der Waals surface area contributed by atoms with Gasteiger partial charge in [0, 0.05) is 19.6 Å². The molecule has 0 bridgehead atoms. The molecule has 0 heterocycles. The van der Waals surface area contributed by atoms with Gasteiger partial charge in [-0.25, -0.2) is 0 Å². The number of hydrogen-bond acceptors (Lipinski definition) is 6. The number of carbonyl (C=O) groups is 2. The summed E-state index contributed by atoms with van der Waals surface area (Å²) >= 11 is 0. The molecule has 4 aliphatic rings. The van der Waals surface area contributed by atoms with Crippen LogP contribution in [0.4, 0.5) is 0 Å². The average Bonchev–Trinajstić information content (AvgIpc) is 3.16. The summed E-state index contributed by atoms with van der Waals surface area (Å²) in [5.41, 5.74) is 0.110. The highest BCUT2D eigenvalue weighted by Gasteiger charge is 2.65. The van der Waals surface area contributed by atoms with E-state index in [1.165, 1.54) is 19.8 Å². The van der Waals surface area contributed by atoms with E-state index in [1.54, 1.807) is 0 Å². The molecule has 4 fully saturated rings. The van der Waals surface area contributed by atoms with Gasteiger partial charge in [-0.1, -0.05) is 27.7 Å². The van der Waals surface area contributed by atoms with E-state index in [1.807, 2.05) is 13.8 Å². The van der Waals surface area contributed by atoms with E-state index in [0.717, 1.165) is 45.1 Å². The minimum absolute atomic E-state index is 0.00852. The second kappa shape index (κ2) is 11.5. The molecule has 6 heteroatoms. The fourth-order valence-electron chi connectivity index (χ4n) is 9.53. The summed E-state index contributed by atoms with van der Waals surface area (Å²) < 4.78 is 17.7. The minimum Gasteiger partial charge on any atom is -0.466 e.